The van der Waals surface area contributed by atoms with Crippen molar-refractivity contribution in [2.45, 2.75) is 0 Å². The Kier molecular flexibility index (Phi) is 39.4. The molecule has 48 heavy (non-hydrogen) atoms. The Balaban J connectivity index is 0.000000360. The highest BCUT2D eigenvalue weighted by Crippen LogP contribution is 2.08. The molecule has 0 amide bonds. The fourth-order valence-electron chi connectivity index (χ4n) is 1.85. The lowest BCUT2D eigenvalue weighted by Crippen LogP contribution is -1.79. The van der Waals surface area contributed by atoms with Crippen LogP contribution >= 0.6 is 141 Å². The predicted molar refractivity (Wildman–Crippen MR) is 243 cm³/mol. The van der Waals surface area contributed by atoms with Crippen LogP contribution in [0.25, 0.3) is 0 Å². The molecule has 3 heterocycles. The van der Waals surface area contributed by atoms with Crippen LogP contribution in [0.4, 0.5) is 0 Å². The van der Waals surface area contributed by atoms with Crippen molar-refractivity contribution in [1.29, 1.82) is 0 Å². The summed E-state index contributed by atoms with van der Waals surface area (Å²) in [6, 6.07) is 0. The molecule has 0 unspecified atom stereocenters. The van der Waals surface area contributed by atoms with Gasteiger partial charge < -0.3 is 0 Å². The van der Waals surface area contributed by atoms with E-state index in [1.54, 1.807) is 141 Å². The van der Waals surface area contributed by atoms with Crippen molar-refractivity contribution >= 4 is 141 Å². The summed E-state index contributed by atoms with van der Waals surface area (Å²) >= 11 is 19.0. The van der Waals surface area contributed by atoms with E-state index in [1.165, 1.54) is 0 Å². The maximum Gasteiger partial charge on any atom is 0.0158 e. The molecule has 0 aromatic rings. The molecule has 0 fully saturated rings. The fourth-order valence-corrected chi connectivity index (χ4v) is 8.55. The molecule has 0 aromatic heterocycles. The first-order chi connectivity index (χ1) is 24.0. The van der Waals surface area contributed by atoms with Crippen molar-refractivity contribution < 1.29 is 0 Å². The first-order valence-corrected chi connectivity index (χ1v) is 25.2. The Labute approximate surface area is 340 Å². The molecule has 3 aliphatic heterocycles. The summed E-state index contributed by atoms with van der Waals surface area (Å²) in [6.45, 7) is 0. The number of hydrogen-bond acceptors (Lipinski definition) is 12. The Morgan fingerprint density at radius 1 is 0.146 bits per heavy atom. The van der Waals surface area contributed by atoms with Gasteiger partial charge in [-0.1, -0.05) is 141 Å². The maximum atomic E-state index is 2.95. The first kappa shape index (κ1) is 44.9. The van der Waals surface area contributed by atoms with Crippen LogP contribution < -0.4 is 0 Å². The smallest absolute Gasteiger partial charge is 0.0158 e. The molecule has 0 spiro atoms. The summed E-state index contributed by atoms with van der Waals surface area (Å²) in [7, 11) is 0. The van der Waals surface area contributed by atoms with Crippen LogP contribution in [0.15, 0.2) is 0 Å². The monoisotopic (exact) mass is 840 g/mol. The van der Waals surface area contributed by atoms with E-state index in [2.05, 4.69) is 134 Å². The van der Waals surface area contributed by atoms with Gasteiger partial charge in [0.1, 0.15) is 0 Å². The molecule has 0 bridgehead atoms. The van der Waals surface area contributed by atoms with Crippen molar-refractivity contribution in [2.24, 2.45) is 0 Å². The lowest BCUT2D eigenvalue weighted by molar-refractivity contribution is 1.57. The van der Waals surface area contributed by atoms with E-state index in [1.807, 2.05) is 0 Å². The normalized spacial score (nSPS) is 16.0. The molecular formula is C36H24S12. The van der Waals surface area contributed by atoms with Crippen molar-refractivity contribution in [3.05, 3.63) is 0 Å². The van der Waals surface area contributed by atoms with Crippen LogP contribution in [-0.4, -0.2) is 69.0 Å². The van der Waals surface area contributed by atoms with Crippen molar-refractivity contribution in [2.75, 3.05) is 69.0 Å². The average molecular weight is 841 g/mol. The third-order valence-electron chi connectivity index (χ3n) is 3.58. The molecule has 0 saturated heterocycles. The highest BCUT2D eigenvalue weighted by Gasteiger charge is 1.88. The lowest BCUT2D eigenvalue weighted by atomic mass is 10.7. The molecular weight excluding hydrogens is 817 g/mol. The summed E-state index contributed by atoms with van der Waals surface area (Å²) in [4.78, 5) is 0. The van der Waals surface area contributed by atoms with E-state index in [0.29, 0.717) is 0 Å². The highest BCUT2D eigenvalue weighted by molar-refractivity contribution is 8.09. The molecule has 0 saturated carbocycles. The summed E-state index contributed by atoms with van der Waals surface area (Å²) in [5.41, 5.74) is 0. The van der Waals surface area contributed by atoms with Gasteiger partial charge in [0.25, 0.3) is 0 Å². The van der Waals surface area contributed by atoms with Crippen LogP contribution in [0.1, 0.15) is 0 Å². The van der Waals surface area contributed by atoms with Gasteiger partial charge in [-0.2, -0.15) is 0 Å². The van der Waals surface area contributed by atoms with Gasteiger partial charge in [-0.05, 0) is 134 Å². The maximum absolute atomic E-state index is 2.95. The molecule has 240 valence electrons. The van der Waals surface area contributed by atoms with Crippen LogP contribution in [-0.2, 0) is 0 Å². The van der Waals surface area contributed by atoms with E-state index in [4.69, 9.17) is 0 Å². The van der Waals surface area contributed by atoms with Gasteiger partial charge in [-0.3, -0.25) is 0 Å². The van der Waals surface area contributed by atoms with Gasteiger partial charge in [0, 0.05) is 69.0 Å². The van der Waals surface area contributed by atoms with E-state index >= 15 is 0 Å². The third kappa shape index (κ3) is 39.4. The van der Waals surface area contributed by atoms with Gasteiger partial charge in [-0.15, -0.1) is 0 Å². The van der Waals surface area contributed by atoms with Crippen LogP contribution in [0.2, 0.25) is 0 Å². The minimum atomic E-state index is 0.976. The Hall–Kier alpha value is -1.08. The summed E-state index contributed by atoms with van der Waals surface area (Å²) in [5.74, 6) is 45.5. The largest absolute Gasteiger partial charge is 0.0732 e. The quantitative estimate of drug-likeness (QED) is 0.216. The molecule has 3 aliphatic rings. The van der Waals surface area contributed by atoms with Gasteiger partial charge in [-0.25, -0.2) is 0 Å². The second kappa shape index (κ2) is 42.1. The second-order valence-electron chi connectivity index (χ2n) is 6.91. The summed E-state index contributed by atoms with van der Waals surface area (Å²) in [6.07, 6.45) is 0. The zero-order valence-electron chi connectivity index (χ0n) is 25.4. The zero-order chi connectivity index (χ0) is 33.9. The fraction of sp³-hybridized carbons (Fsp3) is 0.333. The molecule has 0 aromatic carbocycles. The molecule has 3 rings (SSSR count). The zero-order valence-corrected chi connectivity index (χ0v) is 35.2. The van der Waals surface area contributed by atoms with Crippen LogP contribution in [0.3, 0.4) is 0 Å². The van der Waals surface area contributed by atoms with Crippen molar-refractivity contribution in [3.63, 3.8) is 0 Å². The van der Waals surface area contributed by atoms with Gasteiger partial charge >= 0.3 is 0 Å². The number of rotatable bonds is 0. The predicted octanol–water partition coefficient (Wildman–Crippen LogP) is 8.33. The lowest BCUT2D eigenvalue weighted by Gasteiger charge is -1.87. The van der Waals surface area contributed by atoms with Gasteiger partial charge in [0.2, 0.25) is 0 Å². The molecule has 0 aliphatic carbocycles. The van der Waals surface area contributed by atoms with Crippen LogP contribution in [0, 0.1) is 134 Å². The van der Waals surface area contributed by atoms with E-state index in [9.17, 15) is 0 Å². The molecule has 0 atom stereocenters. The summed E-state index contributed by atoms with van der Waals surface area (Å²) < 4.78 is 0. The van der Waals surface area contributed by atoms with Crippen molar-refractivity contribution in [1.82, 2.24) is 0 Å². The van der Waals surface area contributed by atoms with E-state index in [0.717, 1.165) is 69.0 Å². The molecule has 0 nitrogen and oxygen atoms in total. The van der Waals surface area contributed by atoms with Crippen molar-refractivity contribution in [3.8, 4) is 134 Å². The summed E-state index contributed by atoms with van der Waals surface area (Å²) in [5, 5.41) is 35.4. The van der Waals surface area contributed by atoms with Gasteiger partial charge in [0.05, 0.1) is 0 Å². The van der Waals surface area contributed by atoms with E-state index < -0.39 is 0 Å². The molecule has 0 N–H and O–H groups in total. The Morgan fingerprint density at radius 3 is 0.312 bits per heavy atom. The molecule has 0 radical (unpaired) electrons. The van der Waals surface area contributed by atoms with Crippen LogP contribution in [0.5, 0.6) is 0 Å². The van der Waals surface area contributed by atoms with E-state index in [-0.39, 0.29) is 0 Å². The second-order valence-corrected chi connectivity index (χ2v) is 17.7. The topological polar surface area (TPSA) is 0 Å². The standard InChI is InChI=1S/3C12H8S4/c3*1-2-6-14-11-12-16-8-4-3-7-15-10-9-13-5-1/h3*9-12H2. The highest BCUT2D eigenvalue weighted by atomic mass is 32.2. The Morgan fingerprint density at radius 2 is 0.229 bits per heavy atom. The Bertz CT molecular complexity index is 1250. The number of thioether (sulfide) groups is 12. The SMILES string of the molecule is C1#CSCCSC#CC#CSCCSC#C1.C1#CSCCSC#CC#CSCCSC#C1.C1#CSCCSC#CC#CSCCSC#C1. The average Bonchev–Trinajstić information content (AvgIpc) is 3.09. The van der Waals surface area contributed by atoms with Gasteiger partial charge in [0.15, 0.2) is 0 Å². The third-order valence-corrected chi connectivity index (χ3v) is 13.0. The minimum Gasteiger partial charge on any atom is -0.0732 e. The number of hydrogen-bond donors (Lipinski definition) is 0. The minimum absolute atomic E-state index is 0.976. The molecule has 12 heteroatoms. The first-order valence-electron chi connectivity index (χ1n) is 13.4.